The van der Waals surface area contributed by atoms with E-state index >= 15 is 0 Å². The highest BCUT2D eigenvalue weighted by atomic mass is 16.7. The van der Waals surface area contributed by atoms with Crippen molar-refractivity contribution in [3.8, 4) is 11.5 Å². The predicted octanol–water partition coefficient (Wildman–Crippen LogP) is 3.56. The van der Waals surface area contributed by atoms with E-state index in [1.165, 1.54) is 32.2 Å². The fraction of sp³-hybridized carbons (Fsp3) is 0.692. The van der Waals surface area contributed by atoms with Gasteiger partial charge in [-0.15, -0.1) is 0 Å². The molecule has 1 aliphatic heterocycles. The number of esters is 2. The van der Waals surface area contributed by atoms with Gasteiger partial charge in [-0.3, -0.25) is 9.59 Å². The fourth-order valence-corrected chi connectivity index (χ4v) is 4.47. The number of hydrogen-bond donors (Lipinski definition) is 1. The van der Waals surface area contributed by atoms with Crippen LogP contribution in [0.3, 0.4) is 0 Å². The number of methoxy groups -OCH3 is 1. The van der Waals surface area contributed by atoms with Crippen LogP contribution in [-0.2, 0) is 23.8 Å². The molecule has 1 saturated heterocycles. The molecule has 1 saturated carbocycles. The molecule has 36 heavy (non-hydrogen) atoms. The van der Waals surface area contributed by atoms with Crippen LogP contribution in [0.2, 0.25) is 0 Å². The Kier molecular flexibility index (Phi) is 10.3. The summed E-state index contributed by atoms with van der Waals surface area (Å²) in [7, 11) is 1.42. The van der Waals surface area contributed by atoms with E-state index in [0.717, 1.165) is 19.3 Å². The van der Waals surface area contributed by atoms with Gasteiger partial charge >= 0.3 is 11.9 Å². The maximum Gasteiger partial charge on any atom is 0.328 e. The lowest BCUT2D eigenvalue weighted by atomic mass is 10.0. The number of ether oxygens (including phenoxy) is 5. The number of amides is 1. The summed E-state index contributed by atoms with van der Waals surface area (Å²) in [6.45, 7) is 4.84. The molecule has 0 bridgehead atoms. The van der Waals surface area contributed by atoms with Crippen LogP contribution in [0.4, 0.5) is 0 Å². The zero-order valence-corrected chi connectivity index (χ0v) is 21.6. The summed E-state index contributed by atoms with van der Waals surface area (Å²) in [4.78, 5) is 41.9. The largest absolute Gasteiger partial charge is 0.493 e. The molecular weight excluding hydrogens is 468 g/mol. The molecule has 3 atom stereocenters. The number of aromatic nitrogens is 1. The molecule has 10 nitrogen and oxygen atoms in total. The molecular formula is C26H38N2O8. The van der Waals surface area contributed by atoms with Gasteiger partial charge < -0.3 is 29.0 Å². The van der Waals surface area contributed by atoms with Crippen molar-refractivity contribution in [2.75, 3.05) is 13.9 Å². The van der Waals surface area contributed by atoms with Crippen LogP contribution in [0.15, 0.2) is 12.3 Å². The van der Waals surface area contributed by atoms with Gasteiger partial charge in [-0.1, -0.05) is 26.7 Å². The minimum absolute atomic E-state index is 0.0175. The number of nitrogens with one attached hydrogen (secondary N) is 1. The van der Waals surface area contributed by atoms with E-state index in [1.807, 2.05) is 6.92 Å². The summed E-state index contributed by atoms with van der Waals surface area (Å²) in [5, 5.41) is 2.74. The summed E-state index contributed by atoms with van der Waals surface area (Å²) < 4.78 is 27.8. The third-order valence-electron chi connectivity index (χ3n) is 6.39. The summed E-state index contributed by atoms with van der Waals surface area (Å²) in [5.41, 5.74) is -0.0851. The number of pyridine rings is 1. The molecule has 1 aromatic rings. The third-order valence-corrected chi connectivity index (χ3v) is 6.39. The number of carbonyl (C=O) groups excluding carboxylic acids is 3. The number of rotatable bonds is 9. The minimum atomic E-state index is -0.843. The second kappa shape index (κ2) is 13.4. The highest BCUT2D eigenvalue weighted by Crippen LogP contribution is 2.30. The molecule has 0 aromatic carbocycles. The van der Waals surface area contributed by atoms with Crippen molar-refractivity contribution in [2.45, 2.75) is 96.5 Å². The van der Waals surface area contributed by atoms with Crippen molar-refractivity contribution < 1.29 is 38.1 Å². The van der Waals surface area contributed by atoms with Crippen LogP contribution in [0.1, 0.15) is 82.6 Å². The Morgan fingerprint density at radius 2 is 1.86 bits per heavy atom. The molecule has 2 unspecified atom stereocenters. The third kappa shape index (κ3) is 7.81. The molecule has 3 rings (SSSR count). The van der Waals surface area contributed by atoms with Crippen molar-refractivity contribution in [3.63, 3.8) is 0 Å². The van der Waals surface area contributed by atoms with Gasteiger partial charge in [-0.05, 0) is 39.0 Å². The van der Waals surface area contributed by atoms with Crippen molar-refractivity contribution >= 4 is 17.8 Å². The van der Waals surface area contributed by atoms with Crippen LogP contribution in [0.25, 0.3) is 0 Å². The van der Waals surface area contributed by atoms with E-state index in [-0.39, 0.29) is 41.4 Å². The van der Waals surface area contributed by atoms with E-state index in [2.05, 4.69) is 10.3 Å². The van der Waals surface area contributed by atoms with E-state index in [4.69, 9.17) is 23.7 Å². The van der Waals surface area contributed by atoms with Crippen LogP contribution in [0, 0.1) is 5.92 Å². The summed E-state index contributed by atoms with van der Waals surface area (Å²) in [5.74, 6) is -1.62. The lowest BCUT2D eigenvalue weighted by Gasteiger charge is -2.24. The Morgan fingerprint density at radius 3 is 2.56 bits per heavy atom. The first-order chi connectivity index (χ1) is 17.3. The maximum atomic E-state index is 13.2. The molecule has 2 heterocycles. The smallest absolute Gasteiger partial charge is 0.328 e. The SMILES string of the molecule is COc1ccnc(C(=O)N[C@H]2CCCC(OC3CCCC3)CC(C)OC2=O)c1OCOC(=O)C(C)C. The average molecular weight is 507 g/mol. The number of carbonyl (C=O) groups is 3. The van der Waals surface area contributed by atoms with E-state index < -0.39 is 30.7 Å². The van der Waals surface area contributed by atoms with Crippen molar-refractivity contribution in [3.05, 3.63) is 18.0 Å². The van der Waals surface area contributed by atoms with Crippen molar-refractivity contribution in [1.29, 1.82) is 0 Å². The summed E-state index contributed by atoms with van der Waals surface area (Å²) in [6.07, 6.45) is 8.46. The van der Waals surface area contributed by atoms with Gasteiger partial charge in [0.15, 0.2) is 17.2 Å². The maximum absolute atomic E-state index is 13.2. The van der Waals surface area contributed by atoms with Crippen molar-refractivity contribution in [1.82, 2.24) is 10.3 Å². The van der Waals surface area contributed by atoms with Gasteiger partial charge in [0, 0.05) is 18.7 Å². The second-order valence-electron chi connectivity index (χ2n) is 9.68. The molecule has 200 valence electrons. The van der Waals surface area contributed by atoms with Crippen LogP contribution in [-0.4, -0.2) is 61.1 Å². The minimum Gasteiger partial charge on any atom is -0.493 e. The zero-order chi connectivity index (χ0) is 26.1. The second-order valence-corrected chi connectivity index (χ2v) is 9.68. The first kappa shape index (κ1) is 27.7. The number of hydrogen-bond acceptors (Lipinski definition) is 9. The number of cyclic esters (lactones) is 1. The van der Waals surface area contributed by atoms with Crippen LogP contribution in [0.5, 0.6) is 11.5 Å². The Morgan fingerprint density at radius 1 is 1.14 bits per heavy atom. The van der Waals surface area contributed by atoms with Gasteiger partial charge in [0.2, 0.25) is 6.79 Å². The van der Waals surface area contributed by atoms with Gasteiger partial charge in [0.1, 0.15) is 12.1 Å². The fourth-order valence-electron chi connectivity index (χ4n) is 4.47. The number of nitrogens with zero attached hydrogens (tertiary/aromatic N) is 1. The standard InChI is InChI=1S/C26H38N2O8/c1-16(2)25(30)34-15-33-23-21(32-4)12-13-27-22(23)24(29)28-20-11-7-10-19(14-17(3)35-26(20)31)36-18-8-5-6-9-18/h12-13,16-20H,5-11,14-15H2,1-4H3,(H,28,29)/t17?,19?,20-/m0/s1. The molecule has 2 fully saturated rings. The first-order valence-corrected chi connectivity index (χ1v) is 12.8. The average Bonchev–Trinajstić information content (AvgIpc) is 3.36. The molecule has 1 N–H and O–H groups in total. The van der Waals surface area contributed by atoms with Crippen LogP contribution < -0.4 is 14.8 Å². The highest BCUT2D eigenvalue weighted by molar-refractivity contribution is 5.98. The lowest BCUT2D eigenvalue weighted by molar-refractivity contribution is -0.154. The first-order valence-electron chi connectivity index (χ1n) is 12.8. The molecule has 2 aliphatic rings. The zero-order valence-electron chi connectivity index (χ0n) is 21.6. The molecule has 1 aliphatic carbocycles. The van der Waals surface area contributed by atoms with Gasteiger partial charge in [0.05, 0.1) is 25.2 Å². The van der Waals surface area contributed by atoms with E-state index in [0.29, 0.717) is 19.3 Å². The molecule has 0 spiro atoms. The van der Waals surface area contributed by atoms with E-state index in [9.17, 15) is 14.4 Å². The molecule has 1 amide bonds. The van der Waals surface area contributed by atoms with Crippen molar-refractivity contribution in [2.24, 2.45) is 5.92 Å². The van der Waals surface area contributed by atoms with Crippen LogP contribution >= 0.6 is 0 Å². The molecule has 10 heteroatoms. The topological polar surface area (TPSA) is 122 Å². The lowest BCUT2D eigenvalue weighted by Crippen LogP contribution is -2.43. The van der Waals surface area contributed by atoms with Gasteiger partial charge in [-0.25, -0.2) is 9.78 Å². The molecule has 1 aromatic heterocycles. The highest BCUT2D eigenvalue weighted by Gasteiger charge is 2.31. The normalized spacial score (nSPS) is 23.2. The van der Waals surface area contributed by atoms with E-state index in [1.54, 1.807) is 13.8 Å². The predicted molar refractivity (Wildman–Crippen MR) is 130 cm³/mol. The quantitative estimate of drug-likeness (QED) is 0.396. The van der Waals surface area contributed by atoms with Gasteiger partial charge in [0.25, 0.3) is 5.91 Å². The summed E-state index contributed by atoms with van der Waals surface area (Å²) >= 11 is 0. The summed E-state index contributed by atoms with van der Waals surface area (Å²) in [6, 6.07) is 0.682. The van der Waals surface area contributed by atoms with Gasteiger partial charge in [-0.2, -0.15) is 0 Å². The Hall–Kier alpha value is -2.88. The Labute approximate surface area is 212 Å². The Balaban J connectivity index is 1.66. The Bertz CT molecular complexity index is 900. The molecule has 0 radical (unpaired) electrons. The monoisotopic (exact) mass is 506 g/mol.